The second-order valence-corrected chi connectivity index (χ2v) is 6.40. The molecule has 4 heteroatoms. The largest absolute Gasteiger partial charge is 0.344 e. The summed E-state index contributed by atoms with van der Waals surface area (Å²) in [6.07, 6.45) is 7.76. The quantitative estimate of drug-likeness (QED) is 0.785. The Morgan fingerprint density at radius 1 is 1.20 bits per heavy atom. The smallest absolute Gasteiger partial charge is 0.209 e. The van der Waals surface area contributed by atoms with Crippen molar-refractivity contribution in [3.63, 3.8) is 0 Å². The summed E-state index contributed by atoms with van der Waals surface area (Å²) in [6, 6.07) is 8.51. The summed E-state index contributed by atoms with van der Waals surface area (Å²) in [4.78, 5) is 12.6. The van der Waals surface area contributed by atoms with E-state index >= 15 is 0 Å². The van der Waals surface area contributed by atoms with Crippen LogP contribution in [0.25, 0.3) is 5.52 Å². The summed E-state index contributed by atoms with van der Waals surface area (Å²) in [5.41, 5.74) is 2.95. The van der Waals surface area contributed by atoms with Gasteiger partial charge in [0.2, 0.25) is 6.41 Å². The molecule has 104 valence electrons. The van der Waals surface area contributed by atoms with Crippen LogP contribution in [0.3, 0.4) is 0 Å². The number of rotatable bonds is 2. The van der Waals surface area contributed by atoms with E-state index in [4.69, 9.17) is 0 Å². The molecule has 1 spiro atoms. The highest BCUT2D eigenvalue weighted by Crippen LogP contribution is 2.47. The molecule has 0 unspecified atom stereocenters. The van der Waals surface area contributed by atoms with Crippen LogP contribution in [-0.4, -0.2) is 34.0 Å². The topological polar surface area (TPSA) is 37.6 Å². The molecule has 1 saturated carbocycles. The molecular weight excluding hydrogens is 250 g/mol. The molecule has 2 aromatic heterocycles. The molecule has 0 bridgehead atoms. The Labute approximate surface area is 118 Å². The first-order valence-corrected chi connectivity index (χ1v) is 7.42. The van der Waals surface area contributed by atoms with Gasteiger partial charge in [-0.1, -0.05) is 6.07 Å². The summed E-state index contributed by atoms with van der Waals surface area (Å²) < 4.78 is 2.08. The van der Waals surface area contributed by atoms with E-state index in [9.17, 15) is 4.79 Å². The summed E-state index contributed by atoms with van der Waals surface area (Å²) >= 11 is 0. The van der Waals surface area contributed by atoms with Crippen molar-refractivity contribution in [2.45, 2.75) is 31.6 Å². The Bertz CT molecular complexity index is 632. The minimum atomic E-state index is 0.426. The highest BCUT2D eigenvalue weighted by atomic mass is 16.1. The maximum absolute atomic E-state index is 10.7. The Morgan fingerprint density at radius 2 is 2.00 bits per heavy atom. The van der Waals surface area contributed by atoms with Crippen molar-refractivity contribution in [1.29, 1.82) is 0 Å². The number of amides is 1. The van der Waals surface area contributed by atoms with Gasteiger partial charge in [0.15, 0.2) is 0 Å². The first-order chi connectivity index (χ1) is 9.80. The predicted molar refractivity (Wildman–Crippen MR) is 76.5 cm³/mol. The maximum Gasteiger partial charge on any atom is 0.209 e. The van der Waals surface area contributed by atoms with Crippen LogP contribution in [0.5, 0.6) is 0 Å². The van der Waals surface area contributed by atoms with Crippen molar-refractivity contribution in [3.05, 3.63) is 36.2 Å². The molecule has 2 aliphatic rings. The zero-order chi connectivity index (χ0) is 13.6. The van der Waals surface area contributed by atoms with E-state index in [1.165, 1.54) is 36.9 Å². The van der Waals surface area contributed by atoms with Crippen LogP contribution in [0.2, 0.25) is 0 Å². The van der Waals surface area contributed by atoms with Crippen LogP contribution in [0, 0.1) is 5.41 Å². The van der Waals surface area contributed by atoms with Gasteiger partial charge in [-0.15, -0.1) is 0 Å². The summed E-state index contributed by atoms with van der Waals surface area (Å²) in [7, 11) is 0. The molecule has 20 heavy (non-hydrogen) atoms. The number of carbonyl (C=O) groups is 1. The van der Waals surface area contributed by atoms with Crippen molar-refractivity contribution in [2.75, 3.05) is 13.1 Å². The van der Waals surface area contributed by atoms with Gasteiger partial charge in [-0.2, -0.15) is 5.10 Å². The fraction of sp³-hybridized carbons (Fsp3) is 0.500. The SMILES string of the molecule is O=CN1CC2(CCC(c3cccc4ccnn34)CC2)C1. The third-order valence-electron chi connectivity index (χ3n) is 5.14. The van der Waals surface area contributed by atoms with Gasteiger partial charge >= 0.3 is 0 Å². The molecule has 0 aromatic carbocycles. The minimum Gasteiger partial charge on any atom is -0.344 e. The third-order valence-corrected chi connectivity index (χ3v) is 5.14. The zero-order valence-electron chi connectivity index (χ0n) is 11.5. The number of hydrogen-bond acceptors (Lipinski definition) is 2. The lowest BCUT2D eigenvalue weighted by Gasteiger charge is -2.52. The van der Waals surface area contributed by atoms with Crippen LogP contribution in [0.1, 0.15) is 37.3 Å². The van der Waals surface area contributed by atoms with Gasteiger partial charge in [-0.25, -0.2) is 4.52 Å². The average Bonchev–Trinajstić information content (AvgIpc) is 2.93. The van der Waals surface area contributed by atoms with Crippen molar-refractivity contribution in [2.24, 2.45) is 5.41 Å². The molecule has 0 N–H and O–H groups in total. The van der Waals surface area contributed by atoms with E-state index in [2.05, 4.69) is 33.9 Å². The van der Waals surface area contributed by atoms with Crippen molar-refractivity contribution in [1.82, 2.24) is 14.5 Å². The highest BCUT2D eigenvalue weighted by Gasteiger charge is 2.45. The Kier molecular flexibility index (Phi) is 2.59. The Morgan fingerprint density at radius 3 is 2.75 bits per heavy atom. The molecule has 1 aliphatic heterocycles. The second-order valence-electron chi connectivity index (χ2n) is 6.40. The molecule has 1 amide bonds. The number of nitrogens with zero attached hydrogens (tertiary/aromatic N) is 3. The van der Waals surface area contributed by atoms with E-state index in [-0.39, 0.29) is 0 Å². The molecule has 2 aromatic rings. The average molecular weight is 269 g/mol. The zero-order valence-corrected chi connectivity index (χ0v) is 11.5. The summed E-state index contributed by atoms with van der Waals surface area (Å²) in [6.45, 7) is 1.93. The van der Waals surface area contributed by atoms with Crippen LogP contribution in [0.4, 0.5) is 0 Å². The van der Waals surface area contributed by atoms with Crippen LogP contribution in [0.15, 0.2) is 30.5 Å². The normalized spacial score (nSPS) is 22.1. The number of likely N-dealkylation sites (tertiary alicyclic amines) is 1. The van der Waals surface area contributed by atoms with Gasteiger partial charge in [0, 0.05) is 36.3 Å². The third kappa shape index (κ3) is 1.74. The highest BCUT2D eigenvalue weighted by molar-refractivity contribution is 5.49. The van der Waals surface area contributed by atoms with Gasteiger partial charge in [-0.3, -0.25) is 4.79 Å². The monoisotopic (exact) mass is 269 g/mol. The molecular formula is C16H19N3O. The number of aromatic nitrogens is 2. The van der Waals surface area contributed by atoms with E-state index < -0.39 is 0 Å². The number of fused-ring (bicyclic) bond motifs is 1. The molecule has 0 radical (unpaired) electrons. The molecule has 0 atom stereocenters. The van der Waals surface area contributed by atoms with E-state index in [0.717, 1.165) is 19.5 Å². The number of carbonyl (C=O) groups excluding carboxylic acids is 1. The second kappa shape index (κ2) is 4.33. The molecule has 4 rings (SSSR count). The van der Waals surface area contributed by atoms with E-state index in [1.807, 2.05) is 11.1 Å². The fourth-order valence-electron chi connectivity index (χ4n) is 4.01. The van der Waals surface area contributed by atoms with Crippen LogP contribution < -0.4 is 0 Å². The van der Waals surface area contributed by atoms with Gasteiger partial charge in [0.25, 0.3) is 0 Å². The fourth-order valence-corrected chi connectivity index (χ4v) is 4.01. The van der Waals surface area contributed by atoms with Gasteiger partial charge in [-0.05, 0) is 43.9 Å². The molecule has 1 aliphatic carbocycles. The van der Waals surface area contributed by atoms with E-state index in [1.54, 1.807) is 0 Å². The Balaban J connectivity index is 1.52. The van der Waals surface area contributed by atoms with Gasteiger partial charge < -0.3 is 4.90 Å². The van der Waals surface area contributed by atoms with Crippen molar-refractivity contribution >= 4 is 11.9 Å². The minimum absolute atomic E-state index is 0.426. The molecule has 4 nitrogen and oxygen atoms in total. The van der Waals surface area contributed by atoms with Gasteiger partial charge in [0.05, 0.1) is 5.52 Å². The number of pyridine rings is 1. The predicted octanol–water partition coefficient (Wildman–Crippen LogP) is 2.45. The first-order valence-electron chi connectivity index (χ1n) is 7.42. The summed E-state index contributed by atoms with van der Waals surface area (Å²) in [5, 5.41) is 4.45. The standard InChI is InChI=1S/C16H19N3O/c20-12-18-10-16(11-18)7-4-13(5-8-16)15-3-1-2-14-6-9-17-19(14)15/h1-3,6,9,12-13H,4-5,7-8,10-11H2. The maximum atomic E-state index is 10.7. The molecule has 1 saturated heterocycles. The summed E-state index contributed by atoms with van der Waals surface area (Å²) in [5.74, 6) is 0.606. The lowest BCUT2D eigenvalue weighted by molar-refractivity contribution is -0.131. The van der Waals surface area contributed by atoms with Crippen LogP contribution in [-0.2, 0) is 4.79 Å². The Hall–Kier alpha value is -1.84. The van der Waals surface area contributed by atoms with Crippen molar-refractivity contribution < 1.29 is 4.79 Å². The lowest BCUT2D eigenvalue weighted by Crippen LogP contribution is -2.56. The molecule has 3 heterocycles. The first kappa shape index (κ1) is 11.9. The lowest BCUT2D eigenvalue weighted by atomic mass is 9.65. The number of hydrogen-bond donors (Lipinski definition) is 0. The molecule has 2 fully saturated rings. The van der Waals surface area contributed by atoms with Crippen molar-refractivity contribution in [3.8, 4) is 0 Å². The van der Waals surface area contributed by atoms with Gasteiger partial charge in [0.1, 0.15) is 0 Å². The van der Waals surface area contributed by atoms with Crippen LogP contribution >= 0.6 is 0 Å². The van der Waals surface area contributed by atoms with E-state index in [0.29, 0.717) is 11.3 Å².